The van der Waals surface area contributed by atoms with Crippen molar-refractivity contribution in [2.45, 2.75) is 26.3 Å². The van der Waals surface area contributed by atoms with Crippen LogP contribution >= 0.6 is 27.5 Å². The Morgan fingerprint density at radius 1 is 1.50 bits per heavy atom. The van der Waals surface area contributed by atoms with Gasteiger partial charge in [-0.3, -0.25) is 4.79 Å². The Labute approximate surface area is 120 Å². The molecule has 0 unspecified atom stereocenters. The molecule has 0 aliphatic heterocycles. The quantitative estimate of drug-likeness (QED) is 0.742. The number of alkyl halides is 1. The van der Waals surface area contributed by atoms with Crippen LogP contribution in [0.15, 0.2) is 22.7 Å². The van der Waals surface area contributed by atoms with Gasteiger partial charge in [0.25, 0.3) is 5.91 Å². The smallest absolute Gasteiger partial charge is 0.255 e. The maximum atomic E-state index is 13.4. The number of amides is 1. The molecule has 0 aliphatic carbocycles. The molecule has 1 amide bonds. The van der Waals surface area contributed by atoms with Gasteiger partial charge in [0, 0.05) is 18.5 Å². The molecule has 5 heteroatoms. The summed E-state index contributed by atoms with van der Waals surface area (Å²) in [6.07, 6.45) is 0.721. The average Bonchev–Trinajstić information content (AvgIpc) is 2.32. The molecule has 0 aromatic heterocycles. The molecule has 0 aliphatic rings. The highest BCUT2D eigenvalue weighted by atomic mass is 79.9. The minimum atomic E-state index is -0.429. The molecule has 1 aromatic carbocycles. The van der Waals surface area contributed by atoms with Gasteiger partial charge in [-0.2, -0.15) is 0 Å². The first-order chi connectivity index (χ1) is 8.49. The van der Waals surface area contributed by atoms with E-state index in [4.69, 9.17) is 11.6 Å². The van der Waals surface area contributed by atoms with E-state index in [1.165, 1.54) is 12.1 Å². The van der Waals surface area contributed by atoms with Crippen LogP contribution in [0.3, 0.4) is 0 Å². The lowest BCUT2D eigenvalue weighted by atomic mass is 10.1. The highest BCUT2D eigenvalue weighted by molar-refractivity contribution is 9.10. The zero-order chi connectivity index (χ0) is 13.7. The lowest BCUT2D eigenvalue weighted by Gasteiger charge is -2.27. The Balaban J connectivity index is 2.98. The van der Waals surface area contributed by atoms with E-state index in [-0.39, 0.29) is 16.4 Å². The highest BCUT2D eigenvalue weighted by Gasteiger charge is 2.21. The van der Waals surface area contributed by atoms with E-state index in [1.807, 2.05) is 13.8 Å². The number of carbonyl (C=O) groups excluding carboxylic acids is 1. The number of hydrogen-bond donors (Lipinski definition) is 0. The van der Waals surface area contributed by atoms with Crippen LogP contribution in [-0.4, -0.2) is 29.3 Å². The van der Waals surface area contributed by atoms with E-state index < -0.39 is 5.82 Å². The monoisotopic (exact) mass is 335 g/mol. The third kappa shape index (κ3) is 3.69. The van der Waals surface area contributed by atoms with Gasteiger partial charge in [0.2, 0.25) is 0 Å². The zero-order valence-electron chi connectivity index (χ0n) is 10.4. The van der Waals surface area contributed by atoms with Gasteiger partial charge in [-0.15, -0.1) is 11.6 Å². The normalized spacial score (nSPS) is 10.8. The van der Waals surface area contributed by atoms with Gasteiger partial charge in [0.05, 0.1) is 10.0 Å². The molecule has 0 atom stereocenters. The molecule has 0 fully saturated rings. The molecule has 1 rings (SSSR count). The summed E-state index contributed by atoms with van der Waals surface area (Å²) in [6, 6.07) is 4.52. The van der Waals surface area contributed by atoms with Crippen LogP contribution in [0.5, 0.6) is 0 Å². The van der Waals surface area contributed by atoms with Crippen LogP contribution < -0.4 is 0 Å². The Morgan fingerprint density at radius 2 is 2.17 bits per heavy atom. The second kappa shape index (κ2) is 7.10. The summed E-state index contributed by atoms with van der Waals surface area (Å²) in [5.41, 5.74) is 0.346. The number of rotatable bonds is 5. The molecule has 2 nitrogen and oxygen atoms in total. The summed E-state index contributed by atoms with van der Waals surface area (Å²) >= 11 is 8.77. The summed E-state index contributed by atoms with van der Waals surface area (Å²) in [5.74, 6) is -0.107. The van der Waals surface area contributed by atoms with Crippen molar-refractivity contribution in [1.29, 1.82) is 0 Å². The minimum Gasteiger partial charge on any atom is -0.336 e. The lowest BCUT2D eigenvalue weighted by Crippen LogP contribution is -2.38. The first kappa shape index (κ1) is 15.4. The maximum Gasteiger partial charge on any atom is 0.255 e. The molecule has 0 bridgehead atoms. The first-order valence-electron chi connectivity index (χ1n) is 5.80. The summed E-state index contributed by atoms with van der Waals surface area (Å²) < 4.78 is 13.6. The fourth-order valence-corrected chi connectivity index (χ4v) is 2.20. The SMILES string of the molecule is CC(C)N(CCCCl)C(=O)c1cccc(F)c1Br. The molecule has 0 radical (unpaired) electrons. The van der Waals surface area contributed by atoms with Crippen molar-refractivity contribution in [2.75, 3.05) is 12.4 Å². The molecule has 0 heterocycles. The number of halogens is 3. The van der Waals surface area contributed by atoms with Gasteiger partial charge in [0.1, 0.15) is 5.82 Å². The Bertz CT molecular complexity index is 425. The van der Waals surface area contributed by atoms with Crippen molar-refractivity contribution in [1.82, 2.24) is 4.90 Å². The third-order valence-electron chi connectivity index (χ3n) is 2.60. The first-order valence-corrected chi connectivity index (χ1v) is 7.12. The molecular weight excluding hydrogens is 321 g/mol. The van der Waals surface area contributed by atoms with Gasteiger partial charge in [-0.05, 0) is 48.3 Å². The minimum absolute atomic E-state index is 0.0517. The van der Waals surface area contributed by atoms with E-state index in [0.29, 0.717) is 18.0 Å². The van der Waals surface area contributed by atoms with Crippen molar-refractivity contribution in [2.24, 2.45) is 0 Å². The molecule has 0 spiro atoms. The number of carbonyl (C=O) groups is 1. The van der Waals surface area contributed by atoms with Crippen molar-refractivity contribution in [3.63, 3.8) is 0 Å². The molecule has 0 saturated heterocycles. The second-order valence-electron chi connectivity index (χ2n) is 4.24. The molecule has 1 aromatic rings. The summed E-state index contributed by atoms with van der Waals surface area (Å²) in [5, 5.41) is 0. The van der Waals surface area contributed by atoms with Crippen LogP contribution in [0.4, 0.5) is 4.39 Å². The largest absolute Gasteiger partial charge is 0.336 e. The summed E-state index contributed by atoms with van der Waals surface area (Å²) in [4.78, 5) is 14.0. The van der Waals surface area contributed by atoms with Crippen LogP contribution in [0.25, 0.3) is 0 Å². The zero-order valence-corrected chi connectivity index (χ0v) is 12.8. The van der Waals surface area contributed by atoms with E-state index in [9.17, 15) is 9.18 Å². The van der Waals surface area contributed by atoms with Crippen molar-refractivity contribution >= 4 is 33.4 Å². The van der Waals surface area contributed by atoms with Crippen LogP contribution in [0.1, 0.15) is 30.6 Å². The Morgan fingerprint density at radius 3 is 2.72 bits per heavy atom. The highest BCUT2D eigenvalue weighted by Crippen LogP contribution is 2.22. The molecule has 0 saturated carbocycles. The maximum absolute atomic E-state index is 13.4. The van der Waals surface area contributed by atoms with E-state index in [1.54, 1.807) is 11.0 Å². The molecular formula is C13H16BrClFNO. The third-order valence-corrected chi connectivity index (χ3v) is 3.67. The predicted molar refractivity (Wildman–Crippen MR) is 75.6 cm³/mol. The van der Waals surface area contributed by atoms with Gasteiger partial charge >= 0.3 is 0 Å². The van der Waals surface area contributed by atoms with Gasteiger partial charge < -0.3 is 4.90 Å². The van der Waals surface area contributed by atoms with Crippen molar-refractivity contribution in [3.05, 3.63) is 34.1 Å². The van der Waals surface area contributed by atoms with Crippen LogP contribution in [-0.2, 0) is 0 Å². The molecule has 100 valence electrons. The predicted octanol–water partition coefficient (Wildman–Crippen LogP) is 4.07. The fourth-order valence-electron chi connectivity index (χ4n) is 1.65. The molecule has 18 heavy (non-hydrogen) atoms. The van der Waals surface area contributed by atoms with Crippen molar-refractivity contribution < 1.29 is 9.18 Å². The van der Waals surface area contributed by atoms with Gasteiger partial charge in [0.15, 0.2) is 0 Å². The van der Waals surface area contributed by atoms with Crippen LogP contribution in [0, 0.1) is 5.82 Å². The fraction of sp³-hybridized carbons (Fsp3) is 0.462. The topological polar surface area (TPSA) is 20.3 Å². The van der Waals surface area contributed by atoms with Gasteiger partial charge in [-0.25, -0.2) is 4.39 Å². The summed E-state index contributed by atoms with van der Waals surface area (Å²) in [6.45, 7) is 4.43. The van der Waals surface area contributed by atoms with Crippen molar-refractivity contribution in [3.8, 4) is 0 Å². The average molecular weight is 337 g/mol. The Hall–Kier alpha value is -0.610. The second-order valence-corrected chi connectivity index (χ2v) is 5.41. The standard InChI is InChI=1S/C13H16BrClFNO/c1-9(2)17(8-4-7-15)13(18)10-5-3-6-11(16)12(10)14/h3,5-6,9H,4,7-8H2,1-2H3. The van der Waals surface area contributed by atoms with E-state index >= 15 is 0 Å². The summed E-state index contributed by atoms with van der Waals surface area (Å²) in [7, 11) is 0. The molecule has 0 N–H and O–H groups in total. The van der Waals surface area contributed by atoms with E-state index in [2.05, 4.69) is 15.9 Å². The number of nitrogens with zero attached hydrogens (tertiary/aromatic N) is 1. The number of benzene rings is 1. The Kier molecular flexibility index (Phi) is 6.09. The van der Waals surface area contributed by atoms with E-state index in [0.717, 1.165) is 6.42 Å². The lowest BCUT2D eigenvalue weighted by molar-refractivity contribution is 0.0705. The van der Waals surface area contributed by atoms with Gasteiger partial charge in [-0.1, -0.05) is 6.07 Å². The van der Waals surface area contributed by atoms with Crippen LogP contribution in [0.2, 0.25) is 0 Å². The number of hydrogen-bond acceptors (Lipinski definition) is 1.